The molecule has 0 radical (unpaired) electrons. The predicted octanol–water partition coefficient (Wildman–Crippen LogP) is 3.72. The molecule has 0 saturated carbocycles. The molecule has 1 aliphatic carbocycles. The number of benzene rings is 2. The van der Waals surface area contributed by atoms with Crippen molar-refractivity contribution in [3.63, 3.8) is 0 Å². The van der Waals surface area contributed by atoms with E-state index in [0.717, 1.165) is 11.8 Å². The van der Waals surface area contributed by atoms with E-state index >= 15 is 0 Å². The van der Waals surface area contributed by atoms with Crippen molar-refractivity contribution in [3.05, 3.63) is 59.7 Å². The van der Waals surface area contributed by atoms with Gasteiger partial charge in [0.15, 0.2) is 0 Å². The second-order valence-electron chi connectivity index (χ2n) is 7.04. The van der Waals surface area contributed by atoms with Crippen LogP contribution in [0, 0.1) is 11.8 Å². The molecule has 2 unspecified atom stereocenters. The van der Waals surface area contributed by atoms with Crippen LogP contribution in [0.25, 0.3) is 11.1 Å². The molecule has 0 aromatic heterocycles. The summed E-state index contributed by atoms with van der Waals surface area (Å²) >= 11 is 0. The molecule has 2 fully saturated rings. The van der Waals surface area contributed by atoms with Crippen molar-refractivity contribution >= 4 is 12.4 Å². The average Bonchev–Trinajstić information content (AvgIpc) is 3.16. The molecule has 2 heterocycles. The van der Waals surface area contributed by atoms with Crippen LogP contribution < -0.4 is 5.32 Å². The number of rotatable bonds is 1. The number of piperidine rings is 1. The largest absolute Gasteiger partial charge is 0.316 e. The van der Waals surface area contributed by atoms with Crippen molar-refractivity contribution in [3.8, 4) is 11.1 Å². The summed E-state index contributed by atoms with van der Waals surface area (Å²) in [6.07, 6.45) is 1.35. The lowest BCUT2D eigenvalue weighted by molar-refractivity contribution is 0.121. The predicted molar refractivity (Wildman–Crippen MR) is 97.0 cm³/mol. The zero-order valence-electron chi connectivity index (χ0n) is 13.2. The van der Waals surface area contributed by atoms with Crippen molar-refractivity contribution < 1.29 is 0 Å². The fourth-order valence-electron chi connectivity index (χ4n) is 4.82. The highest BCUT2D eigenvalue weighted by molar-refractivity contribution is 5.85. The highest BCUT2D eigenvalue weighted by Gasteiger charge is 2.39. The Morgan fingerprint density at radius 1 is 0.826 bits per heavy atom. The summed E-state index contributed by atoms with van der Waals surface area (Å²) in [6, 6.07) is 18.4. The Morgan fingerprint density at radius 2 is 1.43 bits per heavy atom. The fraction of sp³-hybridized carbons (Fsp3) is 0.400. The maximum absolute atomic E-state index is 3.59. The molecule has 2 nitrogen and oxygen atoms in total. The van der Waals surface area contributed by atoms with E-state index in [1.54, 1.807) is 0 Å². The van der Waals surface area contributed by atoms with Gasteiger partial charge in [0.1, 0.15) is 0 Å². The summed E-state index contributed by atoms with van der Waals surface area (Å²) < 4.78 is 0. The molecule has 0 spiro atoms. The van der Waals surface area contributed by atoms with Gasteiger partial charge in [0, 0.05) is 6.54 Å². The normalized spacial score (nSPS) is 26.3. The number of fused-ring (bicyclic) bond motifs is 4. The van der Waals surface area contributed by atoms with Crippen molar-refractivity contribution in [2.24, 2.45) is 11.8 Å². The molecule has 2 aromatic rings. The van der Waals surface area contributed by atoms with Gasteiger partial charge in [0.25, 0.3) is 0 Å². The molecule has 2 atom stereocenters. The van der Waals surface area contributed by atoms with Crippen molar-refractivity contribution in [1.29, 1.82) is 0 Å². The molecule has 23 heavy (non-hydrogen) atoms. The van der Waals surface area contributed by atoms with Crippen LogP contribution in [0.15, 0.2) is 48.5 Å². The summed E-state index contributed by atoms with van der Waals surface area (Å²) in [7, 11) is 0. The molecule has 2 saturated heterocycles. The number of nitrogens with one attached hydrogen (secondary N) is 1. The molecule has 0 amide bonds. The second-order valence-corrected chi connectivity index (χ2v) is 7.04. The van der Waals surface area contributed by atoms with Crippen LogP contribution in [0.1, 0.15) is 23.6 Å². The molecular formula is C20H23ClN2. The average molecular weight is 327 g/mol. The first-order chi connectivity index (χ1) is 10.9. The fourth-order valence-corrected chi connectivity index (χ4v) is 4.82. The maximum Gasteiger partial charge on any atom is 0.0614 e. The SMILES string of the molecule is Cl.c1ccc2c(c1)-c1ccccc1C2N1CCC2CNCC2C1. The standard InChI is InChI=1S/C20H22N2.ClH/c1-3-7-18-16(5-1)17-6-2-4-8-19(17)20(18)22-10-9-14-11-21-12-15(14)13-22;/h1-8,14-15,20-21H,9-13H2;1H. The van der Waals surface area contributed by atoms with Crippen LogP contribution in [-0.4, -0.2) is 31.1 Å². The van der Waals surface area contributed by atoms with Crippen LogP contribution >= 0.6 is 12.4 Å². The number of nitrogens with zero attached hydrogens (tertiary/aromatic N) is 1. The lowest BCUT2D eigenvalue weighted by Crippen LogP contribution is -2.41. The van der Waals surface area contributed by atoms with Crippen LogP contribution in [0.5, 0.6) is 0 Å². The van der Waals surface area contributed by atoms with E-state index in [2.05, 4.69) is 58.7 Å². The Labute approximate surface area is 144 Å². The van der Waals surface area contributed by atoms with Gasteiger partial charge in [0.05, 0.1) is 6.04 Å². The van der Waals surface area contributed by atoms with Crippen LogP contribution in [0.4, 0.5) is 0 Å². The quantitative estimate of drug-likeness (QED) is 0.859. The smallest absolute Gasteiger partial charge is 0.0614 e. The summed E-state index contributed by atoms with van der Waals surface area (Å²) in [6.45, 7) is 4.91. The van der Waals surface area contributed by atoms with Gasteiger partial charge in [-0.3, -0.25) is 4.90 Å². The zero-order valence-corrected chi connectivity index (χ0v) is 14.1. The first-order valence-electron chi connectivity index (χ1n) is 8.55. The molecule has 2 aliphatic heterocycles. The van der Waals surface area contributed by atoms with Crippen molar-refractivity contribution in [2.45, 2.75) is 12.5 Å². The van der Waals surface area contributed by atoms with E-state index in [-0.39, 0.29) is 12.4 Å². The molecule has 120 valence electrons. The minimum Gasteiger partial charge on any atom is -0.316 e. The van der Waals surface area contributed by atoms with Gasteiger partial charge >= 0.3 is 0 Å². The lowest BCUT2D eigenvalue weighted by atomic mass is 9.87. The van der Waals surface area contributed by atoms with Gasteiger partial charge in [-0.05, 0) is 60.1 Å². The van der Waals surface area contributed by atoms with Crippen LogP contribution in [-0.2, 0) is 0 Å². The van der Waals surface area contributed by atoms with Gasteiger partial charge < -0.3 is 5.32 Å². The Morgan fingerprint density at radius 3 is 2.13 bits per heavy atom. The summed E-state index contributed by atoms with van der Waals surface area (Å²) in [5.41, 5.74) is 5.89. The molecule has 0 bridgehead atoms. The third kappa shape index (κ3) is 2.32. The highest BCUT2D eigenvalue weighted by atomic mass is 35.5. The topological polar surface area (TPSA) is 15.3 Å². The molecule has 1 N–H and O–H groups in total. The second kappa shape index (κ2) is 5.94. The molecule has 5 rings (SSSR count). The third-order valence-corrected chi connectivity index (χ3v) is 5.90. The van der Waals surface area contributed by atoms with Gasteiger partial charge in [0.2, 0.25) is 0 Å². The van der Waals surface area contributed by atoms with Gasteiger partial charge in [-0.15, -0.1) is 12.4 Å². The summed E-state index contributed by atoms with van der Waals surface area (Å²) in [5, 5.41) is 3.59. The van der Waals surface area contributed by atoms with Gasteiger partial charge in [-0.2, -0.15) is 0 Å². The van der Waals surface area contributed by atoms with E-state index in [1.165, 1.54) is 54.9 Å². The number of hydrogen-bond acceptors (Lipinski definition) is 2. The molecular weight excluding hydrogens is 304 g/mol. The Kier molecular flexibility index (Phi) is 3.92. The maximum atomic E-state index is 3.59. The summed E-state index contributed by atoms with van der Waals surface area (Å²) in [5.74, 6) is 1.75. The molecule has 3 heteroatoms. The monoisotopic (exact) mass is 326 g/mol. The van der Waals surface area contributed by atoms with E-state index in [4.69, 9.17) is 0 Å². The number of likely N-dealkylation sites (tertiary alicyclic amines) is 1. The van der Waals surface area contributed by atoms with E-state index in [0.29, 0.717) is 6.04 Å². The van der Waals surface area contributed by atoms with Gasteiger partial charge in [-0.25, -0.2) is 0 Å². The van der Waals surface area contributed by atoms with Crippen LogP contribution in [0.3, 0.4) is 0 Å². The first-order valence-corrected chi connectivity index (χ1v) is 8.55. The minimum absolute atomic E-state index is 0. The van der Waals surface area contributed by atoms with E-state index in [9.17, 15) is 0 Å². The number of halogens is 1. The first kappa shape index (κ1) is 15.2. The van der Waals surface area contributed by atoms with E-state index in [1.807, 2.05) is 0 Å². The zero-order chi connectivity index (χ0) is 14.5. The molecule has 2 aromatic carbocycles. The van der Waals surface area contributed by atoms with Crippen molar-refractivity contribution in [1.82, 2.24) is 10.2 Å². The van der Waals surface area contributed by atoms with Gasteiger partial charge in [-0.1, -0.05) is 48.5 Å². The summed E-state index contributed by atoms with van der Waals surface area (Å²) in [4.78, 5) is 2.73. The Balaban J connectivity index is 0.00000135. The Bertz CT molecular complexity index is 669. The highest BCUT2D eigenvalue weighted by Crippen LogP contribution is 2.47. The van der Waals surface area contributed by atoms with Crippen molar-refractivity contribution in [2.75, 3.05) is 26.2 Å². The van der Waals surface area contributed by atoms with E-state index < -0.39 is 0 Å². The van der Waals surface area contributed by atoms with Crippen LogP contribution in [0.2, 0.25) is 0 Å². The molecule has 3 aliphatic rings. The lowest BCUT2D eigenvalue weighted by Gasteiger charge is -2.39. The third-order valence-electron chi connectivity index (χ3n) is 5.90. The minimum atomic E-state index is 0. The Hall–Kier alpha value is -1.35. The number of hydrogen-bond donors (Lipinski definition) is 1.